The van der Waals surface area contributed by atoms with Crippen LogP contribution in [0.5, 0.6) is 0 Å². The van der Waals surface area contributed by atoms with Crippen LogP contribution in [0.3, 0.4) is 0 Å². The molecular weight excluding hydrogens is 680 g/mol. The molecule has 0 N–H and O–H groups in total. The van der Waals surface area contributed by atoms with E-state index in [-0.39, 0.29) is 13.2 Å². The van der Waals surface area contributed by atoms with Gasteiger partial charge in [-0.05, 0) is 72.0 Å². The third-order valence-electron chi connectivity index (χ3n) is 10.0. The highest BCUT2D eigenvalue weighted by molar-refractivity contribution is 5.21. The molecule has 1 aromatic carbocycles. The van der Waals surface area contributed by atoms with Crippen LogP contribution in [0.1, 0.15) is 277 Å². The summed E-state index contributed by atoms with van der Waals surface area (Å²) in [6.07, 6.45) is 33.5. The van der Waals surface area contributed by atoms with Gasteiger partial charge in [0.2, 0.25) is 0 Å². The van der Waals surface area contributed by atoms with Crippen molar-refractivity contribution in [1.82, 2.24) is 0 Å². The second kappa shape index (κ2) is 45.2. The minimum Gasteiger partial charge on any atom is -0.207 e. The van der Waals surface area contributed by atoms with Gasteiger partial charge < -0.3 is 0 Å². The van der Waals surface area contributed by atoms with Gasteiger partial charge in [0.15, 0.2) is 0 Å². The molecule has 0 heterocycles. The second-order valence-corrected chi connectivity index (χ2v) is 20.6. The summed E-state index contributed by atoms with van der Waals surface area (Å²) in [5.74, 6) is 5.98. The Morgan fingerprint density at radius 2 is 0.714 bits per heavy atom. The molecule has 56 heavy (non-hydrogen) atoms. The van der Waals surface area contributed by atoms with E-state index in [9.17, 15) is 4.39 Å². The van der Waals surface area contributed by atoms with Crippen molar-refractivity contribution in [2.75, 3.05) is 0 Å². The Labute approximate surface area is 359 Å². The van der Waals surface area contributed by atoms with E-state index in [0.717, 1.165) is 41.1 Å². The molecule has 0 amide bonds. The highest BCUT2D eigenvalue weighted by Gasteiger charge is 2.12. The van der Waals surface area contributed by atoms with Crippen LogP contribution in [0.25, 0.3) is 0 Å². The lowest BCUT2D eigenvalue weighted by Crippen LogP contribution is -2.04. The molecule has 0 radical (unpaired) electrons. The third kappa shape index (κ3) is 67.9. The summed E-state index contributed by atoms with van der Waals surface area (Å²) in [5.41, 5.74) is 2.18. The van der Waals surface area contributed by atoms with Crippen molar-refractivity contribution >= 4 is 0 Å². The summed E-state index contributed by atoms with van der Waals surface area (Å²) in [6, 6.07) is 5.22. The van der Waals surface area contributed by atoms with Gasteiger partial charge in [-0.3, -0.25) is 0 Å². The van der Waals surface area contributed by atoms with Crippen molar-refractivity contribution < 1.29 is 4.39 Å². The Kier molecular flexibility index (Phi) is 51.9. The molecule has 6 rings (SSSR count). The maximum atomic E-state index is 12.6. The zero-order valence-electron chi connectivity index (χ0n) is 41.8. The quantitative estimate of drug-likeness (QED) is 0.280. The Hall–Kier alpha value is -0.850. The molecule has 340 valence electrons. The van der Waals surface area contributed by atoms with E-state index in [1.54, 1.807) is 13.0 Å². The van der Waals surface area contributed by atoms with Crippen molar-refractivity contribution in [3.05, 3.63) is 35.1 Å². The first-order valence-electron chi connectivity index (χ1n) is 24.5. The maximum Gasteiger partial charge on any atom is 0.126 e. The summed E-state index contributed by atoms with van der Waals surface area (Å²) < 4.78 is 12.6. The number of rotatable bonds is 2. The molecule has 1 aromatic rings. The van der Waals surface area contributed by atoms with Gasteiger partial charge in [-0.15, -0.1) is 0 Å². The molecule has 5 saturated carbocycles. The van der Waals surface area contributed by atoms with Gasteiger partial charge >= 0.3 is 0 Å². The fraction of sp³-hybridized carbons (Fsp3) is 0.891. The highest BCUT2D eigenvalue weighted by atomic mass is 19.1. The number of hydrogen-bond donors (Lipinski definition) is 0. The molecule has 5 fully saturated rings. The molecule has 0 aromatic heterocycles. The summed E-state index contributed by atoms with van der Waals surface area (Å²) >= 11 is 0. The molecule has 5 aliphatic rings. The zero-order chi connectivity index (χ0) is 43.1. The molecule has 0 atom stereocenters. The van der Waals surface area contributed by atoms with Gasteiger partial charge in [-0.25, -0.2) is 4.39 Å². The molecule has 0 spiro atoms. The number of unbranched alkanes of at least 4 members (excludes halogenated alkanes) is 2. The fourth-order valence-corrected chi connectivity index (χ4v) is 5.22. The molecule has 0 aliphatic heterocycles. The van der Waals surface area contributed by atoms with Gasteiger partial charge in [0.05, 0.1) is 0 Å². The summed E-state index contributed by atoms with van der Waals surface area (Å²) in [6.45, 7) is 39.3. The van der Waals surface area contributed by atoms with E-state index in [2.05, 4.69) is 111 Å². The number of benzene rings is 1. The number of aryl methyl sites for hydroxylation is 2. The molecular formula is C55H113F. The molecule has 0 bridgehead atoms. The van der Waals surface area contributed by atoms with E-state index in [4.69, 9.17) is 0 Å². The normalized spacial score (nSPS) is 17.6. The minimum atomic E-state index is -0.116. The zero-order valence-corrected chi connectivity index (χ0v) is 41.8. The van der Waals surface area contributed by atoms with E-state index >= 15 is 0 Å². The van der Waals surface area contributed by atoms with Gasteiger partial charge in [-0.1, -0.05) is 278 Å². The topological polar surface area (TPSA) is 0 Å². The molecule has 1 heteroatoms. The standard InChI is InChI=1S/C8H9F.2C7H14.C6H12.C5H10.C5H12.C4H8.3C4H10.CH4/c1-6-3-4-7(2)8(9)5-6;2*1-7-5-3-2-4-6-7;1-6-4-2-3-5-6;1-5-3-2-4-5;1-5(2,3)4;1-4-2-3-4;1-4(2)3;2*1-3-4-2;/h3-5H,1-2H3;2*7H,2-6H2,1H3;6H,2-5H2,1H3;5H,2-4H2,1H3;1-4H3;4H,2-3H2,1H3;4H,1-3H3;2*3-4H2,1-2H3;1H4. The lowest BCUT2D eigenvalue weighted by Gasteiger charge is -2.18. The van der Waals surface area contributed by atoms with E-state index < -0.39 is 0 Å². The van der Waals surface area contributed by atoms with E-state index in [1.807, 2.05) is 13.0 Å². The van der Waals surface area contributed by atoms with Crippen LogP contribution < -0.4 is 0 Å². The lowest BCUT2D eigenvalue weighted by atomic mass is 9.88. The molecule has 0 saturated heterocycles. The van der Waals surface area contributed by atoms with Crippen LogP contribution in [-0.2, 0) is 0 Å². The summed E-state index contributed by atoms with van der Waals surface area (Å²) in [4.78, 5) is 0. The Bertz CT molecular complexity index is 804. The summed E-state index contributed by atoms with van der Waals surface area (Å²) in [5, 5.41) is 0. The predicted octanol–water partition coefficient (Wildman–Crippen LogP) is 21.0. The van der Waals surface area contributed by atoms with Crippen molar-refractivity contribution in [2.24, 2.45) is 40.9 Å². The average molecular weight is 794 g/mol. The summed E-state index contributed by atoms with van der Waals surface area (Å²) in [7, 11) is 0. The van der Waals surface area contributed by atoms with Crippen LogP contribution in [-0.4, -0.2) is 0 Å². The van der Waals surface area contributed by atoms with Crippen LogP contribution in [0, 0.1) is 60.6 Å². The van der Waals surface area contributed by atoms with Crippen molar-refractivity contribution in [3.8, 4) is 0 Å². The minimum absolute atomic E-state index is 0. The first-order valence-corrected chi connectivity index (χ1v) is 24.5. The van der Waals surface area contributed by atoms with Crippen LogP contribution in [0.15, 0.2) is 18.2 Å². The molecule has 0 unspecified atom stereocenters. The maximum absolute atomic E-state index is 12.6. The smallest absolute Gasteiger partial charge is 0.126 e. The monoisotopic (exact) mass is 793 g/mol. The fourth-order valence-electron chi connectivity index (χ4n) is 5.22. The van der Waals surface area contributed by atoms with Crippen LogP contribution in [0.4, 0.5) is 4.39 Å². The van der Waals surface area contributed by atoms with Gasteiger partial charge in [0.25, 0.3) is 0 Å². The van der Waals surface area contributed by atoms with Gasteiger partial charge in [-0.2, -0.15) is 0 Å². The number of hydrogen-bond acceptors (Lipinski definition) is 0. The van der Waals surface area contributed by atoms with Crippen molar-refractivity contribution in [2.45, 2.75) is 280 Å². The molecule has 5 aliphatic carbocycles. The van der Waals surface area contributed by atoms with Crippen molar-refractivity contribution in [1.29, 1.82) is 0 Å². The first-order chi connectivity index (χ1) is 25.7. The molecule has 0 nitrogen and oxygen atoms in total. The Morgan fingerprint density at radius 1 is 0.482 bits per heavy atom. The Balaban J connectivity index is -0.000000174. The van der Waals surface area contributed by atoms with Crippen molar-refractivity contribution in [3.63, 3.8) is 0 Å². The van der Waals surface area contributed by atoms with Crippen LogP contribution in [0.2, 0.25) is 0 Å². The largest absolute Gasteiger partial charge is 0.207 e. The Morgan fingerprint density at radius 3 is 0.821 bits per heavy atom. The van der Waals surface area contributed by atoms with Crippen LogP contribution >= 0.6 is 0 Å². The van der Waals surface area contributed by atoms with E-state index in [0.29, 0.717) is 11.0 Å². The second-order valence-electron chi connectivity index (χ2n) is 20.6. The average Bonchev–Trinajstić information content (AvgIpc) is 3.75. The van der Waals surface area contributed by atoms with Gasteiger partial charge in [0, 0.05) is 0 Å². The lowest BCUT2D eigenvalue weighted by molar-refractivity contribution is 0.346. The van der Waals surface area contributed by atoms with Gasteiger partial charge in [0.1, 0.15) is 5.82 Å². The van der Waals surface area contributed by atoms with E-state index in [1.165, 1.54) is 154 Å². The SMILES string of the molecule is C.CC(C)(C)C.CC(C)C.CC1CC1.CC1CCC1.CC1CCCC1.CC1CCCCC1.CC1CCCCC1.CCCC.CCCC.Cc1ccc(C)c(F)c1. The third-order valence-corrected chi connectivity index (χ3v) is 10.0. The first kappa shape index (κ1) is 64.3. The number of halogens is 1. The predicted molar refractivity (Wildman–Crippen MR) is 263 cm³/mol. The highest BCUT2D eigenvalue weighted by Crippen LogP contribution is 2.27.